The predicted molar refractivity (Wildman–Crippen MR) is 68.3 cm³/mol. The molecule has 0 radical (unpaired) electrons. The fourth-order valence-electron chi connectivity index (χ4n) is 2.65. The number of carbonyl (C=O) groups is 1. The number of likely N-dealkylation sites (tertiary alicyclic amines) is 1. The van der Waals surface area contributed by atoms with Gasteiger partial charge in [0.1, 0.15) is 0 Å². The molecule has 5 heteroatoms. The van der Waals surface area contributed by atoms with Gasteiger partial charge in [-0.2, -0.15) is 5.10 Å². The Kier molecular flexibility index (Phi) is 4.01. The summed E-state index contributed by atoms with van der Waals surface area (Å²) < 4.78 is 1.68. The fraction of sp³-hybridized carbons (Fsp3) is 0.692. The van der Waals surface area contributed by atoms with Crippen molar-refractivity contribution in [2.45, 2.75) is 26.2 Å². The van der Waals surface area contributed by atoms with E-state index < -0.39 is 0 Å². The van der Waals surface area contributed by atoms with Crippen LogP contribution in [0.3, 0.4) is 0 Å². The van der Waals surface area contributed by atoms with E-state index in [1.807, 2.05) is 18.9 Å². The van der Waals surface area contributed by atoms with Crippen LogP contribution in [0.5, 0.6) is 0 Å². The molecule has 1 aliphatic rings. The van der Waals surface area contributed by atoms with E-state index in [2.05, 4.69) is 5.10 Å². The van der Waals surface area contributed by atoms with Crippen LogP contribution in [0.1, 0.15) is 35.3 Å². The second kappa shape index (κ2) is 5.52. The Morgan fingerprint density at radius 1 is 1.61 bits per heavy atom. The van der Waals surface area contributed by atoms with Crippen molar-refractivity contribution in [1.82, 2.24) is 14.7 Å². The van der Waals surface area contributed by atoms with Crippen molar-refractivity contribution in [3.05, 3.63) is 17.5 Å². The molecule has 1 aromatic rings. The van der Waals surface area contributed by atoms with Gasteiger partial charge in [0.25, 0.3) is 5.91 Å². The highest BCUT2D eigenvalue weighted by Crippen LogP contribution is 2.21. The van der Waals surface area contributed by atoms with Crippen molar-refractivity contribution in [2.75, 3.05) is 19.7 Å². The molecular formula is C13H21N3O2. The van der Waals surface area contributed by atoms with Crippen molar-refractivity contribution < 1.29 is 9.90 Å². The van der Waals surface area contributed by atoms with Crippen LogP contribution < -0.4 is 0 Å². The summed E-state index contributed by atoms with van der Waals surface area (Å²) in [5.41, 5.74) is 1.48. The fourth-order valence-corrected chi connectivity index (χ4v) is 2.65. The molecule has 0 aromatic carbocycles. The van der Waals surface area contributed by atoms with Crippen LogP contribution in [0, 0.1) is 12.8 Å². The normalized spacial score (nSPS) is 20.2. The number of amides is 1. The summed E-state index contributed by atoms with van der Waals surface area (Å²) in [5.74, 6) is 0.507. The van der Waals surface area contributed by atoms with Gasteiger partial charge in [0.15, 0.2) is 0 Å². The van der Waals surface area contributed by atoms with Crippen molar-refractivity contribution >= 4 is 5.91 Å². The molecule has 0 spiro atoms. The van der Waals surface area contributed by atoms with E-state index in [9.17, 15) is 4.79 Å². The van der Waals surface area contributed by atoms with Crippen molar-refractivity contribution in [1.29, 1.82) is 0 Å². The average molecular weight is 251 g/mol. The predicted octanol–water partition coefficient (Wildman–Crippen LogP) is 0.963. The molecule has 5 nitrogen and oxygen atoms in total. The summed E-state index contributed by atoms with van der Waals surface area (Å²) in [6.45, 7) is 3.64. The quantitative estimate of drug-likeness (QED) is 0.870. The van der Waals surface area contributed by atoms with Crippen LogP contribution in [-0.2, 0) is 7.05 Å². The molecule has 1 amide bonds. The van der Waals surface area contributed by atoms with E-state index in [0.29, 0.717) is 11.5 Å². The number of piperidine rings is 1. The van der Waals surface area contributed by atoms with E-state index in [4.69, 9.17) is 5.11 Å². The van der Waals surface area contributed by atoms with Crippen LogP contribution in [0.2, 0.25) is 0 Å². The number of rotatable bonds is 3. The summed E-state index contributed by atoms with van der Waals surface area (Å²) >= 11 is 0. The topological polar surface area (TPSA) is 58.4 Å². The van der Waals surface area contributed by atoms with Gasteiger partial charge in [0, 0.05) is 32.9 Å². The van der Waals surface area contributed by atoms with Gasteiger partial charge < -0.3 is 10.0 Å². The number of aliphatic hydroxyl groups is 1. The number of carbonyl (C=O) groups excluding carboxylic acids is 1. The molecule has 2 rings (SSSR count). The van der Waals surface area contributed by atoms with Crippen molar-refractivity contribution in [3.63, 3.8) is 0 Å². The highest BCUT2D eigenvalue weighted by atomic mass is 16.3. The smallest absolute Gasteiger partial charge is 0.257 e. The zero-order valence-corrected chi connectivity index (χ0v) is 11.1. The lowest BCUT2D eigenvalue weighted by Gasteiger charge is -2.32. The molecule has 18 heavy (non-hydrogen) atoms. The Morgan fingerprint density at radius 3 is 3.00 bits per heavy atom. The van der Waals surface area contributed by atoms with Gasteiger partial charge in [0.2, 0.25) is 0 Å². The minimum Gasteiger partial charge on any atom is -0.396 e. The van der Waals surface area contributed by atoms with Gasteiger partial charge in [-0.1, -0.05) is 0 Å². The van der Waals surface area contributed by atoms with Gasteiger partial charge in [-0.05, 0) is 32.1 Å². The summed E-state index contributed by atoms with van der Waals surface area (Å²) in [5, 5.41) is 13.2. The first kappa shape index (κ1) is 13.1. The lowest BCUT2D eigenvalue weighted by molar-refractivity contribution is 0.0653. The highest BCUT2D eigenvalue weighted by molar-refractivity contribution is 5.95. The first-order chi connectivity index (χ1) is 8.61. The molecule has 1 N–H and O–H groups in total. The average Bonchev–Trinajstić information content (AvgIpc) is 2.68. The molecule has 1 fully saturated rings. The Hall–Kier alpha value is -1.36. The van der Waals surface area contributed by atoms with Crippen LogP contribution in [0.4, 0.5) is 0 Å². The van der Waals surface area contributed by atoms with Crippen LogP contribution >= 0.6 is 0 Å². The summed E-state index contributed by atoms with van der Waals surface area (Å²) in [7, 11) is 1.83. The van der Waals surface area contributed by atoms with E-state index in [0.717, 1.165) is 38.0 Å². The monoisotopic (exact) mass is 251 g/mol. The van der Waals surface area contributed by atoms with Crippen LogP contribution in [0.25, 0.3) is 0 Å². The van der Waals surface area contributed by atoms with E-state index in [1.165, 1.54) is 0 Å². The molecular weight excluding hydrogens is 230 g/mol. The molecule has 1 unspecified atom stereocenters. The maximum absolute atomic E-state index is 12.4. The maximum Gasteiger partial charge on any atom is 0.257 e. The first-order valence-electron chi connectivity index (χ1n) is 6.52. The van der Waals surface area contributed by atoms with Gasteiger partial charge in [-0.15, -0.1) is 0 Å². The lowest BCUT2D eigenvalue weighted by Crippen LogP contribution is -2.40. The third kappa shape index (κ3) is 2.72. The Bertz CT molecular complexity index is 426. The van der Waals surface area contributed by atoms with Crippen LogP contribution in [0.15, 0.2) is 6.20 Å². The van der Waals surface area contributed by atoms with E-state index >= 15 is 0 Å². The zero-order chi connectivity index (χ0) is 13.1. The standard InChI is InChI=1S/C13H21N3O2/c1-10-12(9-15(2)14-10)13(18)16-6-3-4-11(8-16)5-7-17/h9,11,17H,3-8H2,1-2H3. The summed E-state index contributed by atoms with van der Waals surface area (Å²) in [6.07, 6.45) is 4.70. The maximum atomic E-state index is 12.4. The number of aryl methyl sites for hydroxylation is 2. The lowest BCUT2D eigenvalue weighted by atomic mass is 9.95. The van der Waals surface area contributed by atoms with Crippen molar-refractivity contribution in [2.24, 2.45) is 13.0 Å². The first-order valence-corrected chi connectivity index (χ1v) is 6.52. The number of aliphatic hydroxyl groups excluding tert-OH is 1. The Balaban J connectivity index is 2.06. The SMILES string of the molecule is Cc1nn(C)cc1C(=O)N1CCCC(CCO)C1. The molecule has 1 aromatic heterocycles. The van der Waals surface area contributed by atoms with Crippen LogP contribution in [-0.4, -0.2) is 45.4 Å². The summed E-state index contributed by atoms with van der Waals surface area (Å²) in [6, 6.07) is 0. The van der Waals surface area contributed by atoms with Crippen molar-refractivity contribution in [3.8, 4) is 0 Å². The van der Waals surface area contributed by atoms with Gasteiger partial charge in [0.05, 0.1) is 11.3 Å². The van der Waals surface area contributed by atoms with Gasteiger partial charge in [-0.3, -0.25) is 9.48 Å². The molecule has 0 aliphatic carbocycles. The minimum absolute atomic E-state index is 0.0724. The molecule has 0 saturated carbocycles. The zero-order valence-electron chi connectivity index (χ0n) is 11.1. The third-order valence-electron chi connectivity index (χ3n) is 3.59. The Labute approximate surface area is 107 Å². The number of hydrogen-bond donors (Lipinski definition) is 1. The number of nitrogens with zero attached hydrogens (tertiary/aromatic N) is 3. The van der Waals surface area contributed by atoms with E-state index in [-0.39, 0.29) is 12.5 Å². The molecule has 0 bridgehead atoms. The van der Waals surface area contributed by atoms with Gasteiger partial charge in [-0.25, -0.2) is 0 Å². The molecule has 100 valence electrons. The van der Waals surface area contributed by atoms with E-state index in [1.54, 1.807) is 10.9 Å². The molecule has 1 atom stereocenters. The molecule has 2 heterocycles. The number of aromatic nitrogens is 2. The third-order valence-corrected chi connectivity index (χ3v) is 3.59. The molecule has 1 aliphatic heterocycles. The molecule has 1 saturated heterocycles. The van der Waals surface area contributed by atoms with Gasteiger partial charge >= 0.3 is 0 Å². The minimum atomic E-state index is 0.0724. The highest BCUT2D eigenvalue weighted by Gasteiger charge is 2.25. The summed E-state index contributed by atoms with van der Waals surface area (Å²) in [4.78, 5) is 14.3. The number of hydrogen-bond acceptors (Lipinski definition) is 3. The Morgan fingerprint density at radius 2 is 2.39 bits per heavy atom. The largest absolute Gasteiger partial charge is 0.396 e. The second-order valence-electron chi connectivity index (χ2n) is 5.07. The second-order valence-corrected chi connectivity index (χ2v) is 5.07.